The van der Waals surface area contributed by atoms with Crippen molar-refractivity contribution in [2.45, 2.75) is 77.7 Å². The third kappa shape index (κ3) is 8.69. The maximum Gasteiger partial charge on any atom is 0 e. The molecule has 5 heteroatoms. The molecule has 0 aliphatic carbocycles. The molecule has 4 rings (SSSR count). The number of rotatable bonds is 6. The van der Waals surface area contributed by atoms with E-state index in [-0.39, 0.29) is 38.7 Å². The minimum Gasteiger partial charge on any atom is 0 e. The minimum atomic E-state index is -0.393. The van der Waals surface area contributed by atoms with Crippen molar-refractivity contribution in [2.75, 3.05) is 0 Å². The molecule has 0 saturated carbocycles. The fourth-order valence-corrected chi connectivity index (χ4v) is 5.40. The van der Waals surface area contributed by atoms with E-state index in [9.17, 15) is 5.11 Å². The molecule has 0 bridgehead atoms. The van der Waals surface area contributed by atoms with Crippen LogP contribution in [0.1, 0.15) is 88.8 Å². The van der Waals surface area contributed by atoms with Crippen LogP contribution in [0.3, 0.4) is 0 Å². The van der Waals surface area contributed by atoms with Gasteiger partial charge in [-0.1, -0.05) is 139 Å². The number of aromatic hydroxyl groups is 1. The Morgan fingerprint density at radius 3 is 1.17 bits per heavy atom. The molecule has 0 heterocycles. The maximum atomic E-state index is 11.5. The SMILES string of the molecule is CC(C)(c1ccccc1)c1ccc(O)c(C(C)(C)c2ccccc2)c1C(C)(C)c1ccccc1.CC(C)O.[O]=[Ti].[Ti]. The predicted octanol–water partition coefficient (Wildman–Crippen LogP) is 8.63. The Balaban J connectivity index is 0.00000111. The molecule has 0 unspecified atom stereocenters. The van der Waals surface area contributed by atoms with Crippen LogP contribution in [0, 0.1) is 0 Å². The first-order valence-corrected chi connectivity index (χ1v) is 14.4. The average molecular weight is 620 g/mol. The van der Waals surface area contributed by atoms with Crippen LogP contribution in [-0.4, -0.2) is 16.3 Å². The zero-order valence-corrected chi connectivity index (χ0v) is 28.8. The topological polar surface area (TPSA) is 57.5 Å². The van der Waals surface area contributed by atoms with Gasteiger partial charge in [-0.15, -0.1) is 0 Å². The minimum absolute atomic E-state index is 0. The van der Waals surface area contributed by atoms with Crippen molar-refractivity contribution in [3.63, 3.8) is 0 Å². The number of benzene rings is 4. The first kappa shape index (κ1) is 36.9. The van der Waals surface area contributed by atoms with E-state index in [4.69, 9.17) is 8.43 Å². The fourth-order valence-electron chi connectivity index (χ4n) is 5.40. The smallest absolute Gasteiger partial charge is 0 e. The van der Waals surface area contributed by atoms with Crippen LogP contribution in [0.25, 0.3) is 0 Å². The van der Waals surface area contributed by atoms with Gasteiger partial charge in [0, 0.05) is 49.6 Å². The van der Waals surface area contributed by atoms with E-state index in [1.54, 1.807) is 13.8 Å². The third-order valence-corrected chi connectivity index (χ3v) is 7.59. The number of phenolic OH excluding ortho intramolecular Hbond substituents is 1. The summed E-state index contributed by atoms with van der Waals surface area (Å²) in [5.74, 6) is 0.348. The van der Waals surface area contributed by atoms with Gasteiger partial charge in [-0.25, -0.2) is 0 Å². The van der Waals surface area contributed by atoms with Crippen LogP contribution in [-0.2, 0) is 61.7 Å². The van der Waals surface area contributed by atoms with Crippen LogP contribution in [0.2, 0.25) is 0 Å². The summed E-state index contributed by atoms with van der Waals surface area (Å²) in [5, 5.41) is 19.5. The first-order valence-electron chi connectivity index (χ1n) is 13.7. The Kier molecular flexibility index (Phi) is 14.3. The summed E-state index contributed by atoms with van der Waals surface area (Å²) in [5.41, 5.74) is 6.13. The van der Waals surface area contributed by atoms with Gasteiger partial charge in [0.2, 0.25) is 0 Å². The van der Waals surface area contributed by atoms with E-state index in [1.807, 2.05) is 12.1 Å². The first-order chi connectivity index (χ1) is 18.8. The number of hydrogen-bond acceptors (Lipinski definition) is 3. The summed E-state index contributed by atoms with van der Waals surface area (Å²) in [4.78, 5) is 0. The molecule has 0 fully saturated rings. The summed E-state index contributed by atoms with van der Waals surface area (Å²) in [7, 11) is 0. The molecule has 214 valence electrons. The van der Waals surface area contributed by atoms with E-state index >= 15 is 0 Å². The third-order valence-electron chi connectivity index (χ3n) is 7.59. The van der Waals surface area contributed by atoms with Crippen LogP contribution < -0.4 is 0 Å². The Morgan fingerprint density at radius 1 is 0.537 bits per heavy atom. The molecule has 2 N–H and O–H groups in total. The Bertz CT molecular complexity index is 1330. The normalized spacial score (nSPS) is 11.3. The van der Waals surface area contributed by atoms with E-state index in [0.717, 1.165) is 26.0 Å². The largest absolute Gasteiger partial charge is 0 e. The van der Waals surface area contributed by atoms with Crippen LogP contribution in [0.4, 0.5) is 0 Å². The summed E-state index contributed by atoms with van der Waals surface area (Å²) < 4.78 is 8.25. The van der Waals surface area contributed by atoms with Crippen molar-refractivity contribution in [2.24, 2.45) is 0 Å². The number of phenols is 1. The molecule has 0 aliphatic rings. The van der Waals surface area contributed by atoms with Crippen molar-refractivity contribution in [3.05, 3.63) is 137 Å². The predicted molar refractivity (Wildman–Crippen MR) is 162 cm³/mol. The second-order valence-corrected chi connectivity index (χ2v) is 11.9. The molecule has 0 radical (unpaired) electrons. The molecule has 41 heavy (non-hydrogen) atoms. The van der Waals surface area contributed by atoms with Gasteiger partial charge in [0.05, 0.1) is 0 Å². The number of aliphatic hydroxyl groups is 1. The Labute approximate surface area is 274 Å². The molecule has 0 saturated heterocycles. The molecule has 0 amide bonds. The molecule has 0 spiro atoms. The van der Waals surface area contributed by atoms with Crippen LogP contribution >= 0.6 is 0 Å². The number of hydrogen-bond donors (Lipinski definition) is 2. The van der Waals surface area contributed by atoms with E-state index in [2.05, 4.69) is 133 Å². The molecule has 0 atom stereocenters. The summed E-state index contributed by atoms with van der Waals surface area (Å²) in [6.45, 7) is 17.0. The average Bonchev–Trinajstić information content (AvgIpc) is 2.95. The molecule has 3 nitrogen and oxygen atoms in total. The van der Waals surface area contributed by atoms with Gasteiger partial charge in [0.1, 0.15) is 5.75 Å². The fraction of sp³-hybridized carbons (Fsp3) is 0.333. The van der Waals surface area contributed by atoms with Gasteiger partial charge in [-0.2, -0.15) is 0 Å². The van der Waals surface area contributed by atoms with Crippen LogP contribution in [0.5, 0.6) is 5.75 Å². The molecular formula is C36H44O3Ti2. The van der Waals surface area contributed by atoms with E-state index < -0.39 is 5.41 Å². The monoisotopic (exact) mass is 620 g/mol. The molecular weight excluding hydrogens is 576 g/mol. The molecule has 4 aromatic rings. The van der Waals surface area contributed by atoms with E-state index in [0.29, 0.717) is 5.75 Å². The van der Waals surface area contributed by atoms with E-state index in [1.165, 1.54) is 27.8 Å². The number of aliphatic hydroxyl groups excluding tert-OH is 1. The summed E-state index contributed by atoms with van der Waals surface area (Å²) in [6, 6.07) is 35.9. The second kappa shape index (κ2) is 15.9. The summed E-state index contributed by atoms with van der Waals surface area (Å²) in [6.07, 6.45) is -0.167. The zero-order valence-electron chi connectivity index (χ0n) is 25.7. The molecule has 0 aliphatic heterocycles. The van der Waals surface area contributed by atoms with Gasteiger partial charge in [-0.3, -0.25) is 0 Å². The van der Waals surface area contributed by atoms with Crippen molar-refractivity contribution in [1.29, 1.82) is 0 Å². The Morgan fingerprint density at radius 2 is 0.829 bits per heavy atom. The maximum absolute atomic E-state index is 11.5. The van der Waals surface area contributed by atoms with Crippen molar-refractivity contribution in [3.8, 4) is 5.75 Å². The van der Waals surface area contributed by atoms with Crippen molar-refractivity contribution < 1.29 is 55.7 Å². The van der Waals surface area contributed by atoms with Gasteiger partial charge in [0.15, 0.2) is 0 Å². The van der Waals surface area contributed by atoms with Crippen molar-refractivity contribution >= 4 is 0 Å². The van der Waals surface area contributed by atoms with Gasteiger partial charge < -0.3 is 10.2 Å². The molecule has 0 aromatic heterocycles. The quantitative estimate of drug-likeness (QED) is 0.212. The van der Waals surface area contributed by atoms with Gasteiger partial charge in [0.25, 0.3) is 0 Å². The summed E-state index contributed by atoms with van der Waals surface area (Å²) >= 11 is 0.750. The van der Waals surface area contributed by atoms with Gasteiger partial charge >= 0.3 is 23.7 Å². The standard InChI is InChI=1S/C33H36O.C3H8O.O.2Ti/c1-31(2,24-16-10-7-11-17-24)27-22-23-28(34)30(33(5,6)26-20-14-9-15-21-26)29(27)32(3,4)25-18-12-8-13-19-25;1-3(2)4;;;/h7-23,34H,1-6H3;3-4H,1-2H3;;;. The Hall–Kier alpha value is -2.13. The second-order valence-electron chi connectivity index (χ2n) is 11.9. The van der Waals surface area contributed by atoms with Gasteiger partial charge in [-0.05, 0) is 47.7 Å². The molecule has 4 aromatic carbocycles. The zero-order chi connectivity index (χ0) is 30.1. The van der Waals surface area contributed by atoms with Crippen LogP contribution in [0.15, 0.2) is 103 Å². The van der Waals surface area contributed by atoms with Crippen molar-refractivity contribution in [1.82, 2.24) is 0 Å².